The van der Waals surface area contributed by atoms with Crippen molar-refractivity contribution in [1.82, 2.24) is 15.6 Å². The maximum Gasteiger partial charge on any atom is 0.269 e. The summed E-state index contributed by atoms with van der Waals surface area (Å²) in [6.07, 6.45) is -0.179. The second-order valence-corrected chi connectivity index (χ2v) is 8.17. The molecule has 0 atom stereocenters. The number of carbonyl (C=O) groups excluding carboxylic acids is 2. The molecule has 1 aliphatic rings. The van der Waals surface area contributed by atoms with E-state index >= 15 is 0 Å². The first-order valence-corrected chi connectivity index (χ1v) is 10.5. The van der Waals surface area contributed by atoms with Crippen LogP contribution in [-0.2, 0) is 14.8 Å². The Kier molecular flexibility index (Phi) is 6.57. The number of ether oxygens (including phenoxy) is 2. The summed E-state index contributed by atoms with van der Waals surface area (Å²) >= 11 is 5.78. The second kappa shape index (κ2) is 9.12. The molecular formula is C18H18ClN3O6S. The van der Waals surface area contributed by atoms with Crippen molar-refractivity contribution in [3.8, 4) is 11.5 Å². The first-order chi connectivity index (χ1) is 13.8. The Morgan fingerprint density at radius 1 is 1.00 bits per heavy atom. The fourth-order valence-electron chi connectivity index (χ4n) is 2.46. The van der Waals surface area contributed by atoms with Crippen LogP contribution in [0.4, 0.5) is 0 Å². The largest absolute Gasteiger partial charge is 0.486 e. The molecule has 29 heavy (non-hydrogen) atoms. The third kappa shape index (κ3) is 5.59. The molecule has 9 nitrogen and oxygen atoms in total. The van der Waals surface area contributed by atoms with Gasteiger partial charge in [0.05, 0.1) is 4.90 Å². The molecule has 0 radical (unpaired) electrons. The van der Waals surface area contributed by atoms with Gasteiger partial charge in [-0.15, -0.1) is 0 Å². The first-order valence-electron chi connectivity index (χ1n) is 8.59. The highest BCUT2D eigenvalue weighted by Gasteiger charge is 2.16. The molecule has 0 aromatic heterocycles. The Balaban J connectivity index is 1.46. The summed E-state index contributed by atoms with van der Waals surface area (Å²) in [5, 5.41) is 0.285. The molecule has 2 amide bonds. The molecule has 0 aliphatic carbocycles. The van der Waals surface area contributed by atoms with Gasteiger partial charge in [-0.2, -0.15) is 0 Å². The van der Waals surface area contributed by atoms with E-state index in [1.165, 1.54) is 30.3 Å². The van der Waals surface area contributed by atoms with Crippen molar-refractivity contribution >= 4 is 33.4 Å². The van der Waals surface area contributed by atoms with Gasteiger partial charge in [-0.25, -0.2) is 13.1 Å². The fraction of sp³-hybridized carbons (Fsp3) is 0.222. The van der Waals surface area contributed by atoms with E-state index in [0.29, 0.717) is 24.7 Å². The molecule has 0 spiro atoms. The van der Waals surface area contributed by atoms with Crippen LogP contribution in [0.1, 0.15) is 16.8 Å². The summed E-state index contributed by atoms with van der Waals surface area (Å²) in [6, 6.07) is 10.4. The molecular weight excluding hydrogens is 422 g/mol. The molecule has 11 heteroatoms. The van der Waals surface area contributed by atoms with Crippen LogP contribution in [0.2, 0.25) is 5.02 Å². The average Bonchev–Trinajstić information content (AvgIpc) is 2.71. The number of amides is 2. The number of halogens is 1. The number of sulfonamides is 1. The van der Waals surface area contributed by atoms with Gasteiger partial charge in [0.1, 0.15) is 13.2 Å². The quantitative estimate of drug-likeness (QED) is 0.582. The van der Waals surface area contributed by atoms with Crippen molar-refractivity contribution in [3.63, 3.8) is 0 Å². The number of hydrogen-bond acceptors (Lipinski definition) is 6. The Hall–Kier alpha value is -2.82. The number of carbonyl (C=O) groups is 2. The maximum absolute atomic E-state index is 12.1. The molecule has 154 valence electrons. The molecule has 2 aromatic rings. The Morgan fingerprint density at radius 3 is 2.52 bits per heavy atom. The van der Waals surface area contributed by atoms with Gasteiger partial charge >= 0.3 is 0 Å². The average molecular weight is 440 g/mol. The smallest absolute Gasteiger partial charge is 0.269 e. The molecule has 1 heterocycles. The highest BCUT2D eigenvalue weighted by atomic mass is 35.5. The first kappa shape index (κ1) is 20.9. The van der Waals surface area contributed by atoms with Gasteiger partial charge in [-0.1, -0.05) is 17.7 Å². The van der Waals surface area contributed by atoms with Crippen molar-refractivity contribution in [1.29, 1.82) is 0 Å². The normalized spacial score (nSPS) is 12.9. The van der Waals surface area contributed by atoms with E-state index in [1.54, 1.807) is 12.1 Å². The monoisotopic (exact) mass is 439 g/mol. The zero-order chi connectivity index (χ0) is 20.9. The zero-order valence-corrected chi connectivity index (χ0v) is 16.7. The Labute approximate surface area is 172 Å². The molecule has 2 aromatic carbocycles. The molecule has 0 fully saturated rings. The van der Waals surface area contributed by atoms with Crippen molar-refractivity contribution in [2.24, 2.45) is 0 Å². The van der Waals surface area contributed by atoms with Crippen LogP contribution in [0.25, 0.3) is 0 Å². The number of hydrazine groups is 1. The van der Waals surface area contributed by atoms with Gasteiger partial charge in [-0.05, 0) is 36.4 Å². The lowest BCUT2D eigenvalue weighted by Gasteiger charge is -2.18. The van der Waals surface area contributed by atoms with Gasteiger partial charge < -0.3 is 9.47 Å². The lowest BCUT2D eigenvalue weighted by atomic mass is 10.2. The highest BCUT2D eigenvalue weighted by molar-refractivity contribution is 7.89. The summed E-state index contributed by atoms with van der Waals surface area (Å²) in [7, 11) is -3.79. The SMILES string of the molecule is O=C(CCNS(=O)(=O)c1cccc(Cl)c1)NNC(=O)c1ccc2c(c1)OCCO2. The molecule has 3 N–H and O–H groups in total. The van der Waals surface area contributed by atoms with Crippen molar-refractivity contribution in [3.05, 3.63) is 53.1 Å². The summed E-state index contributed by atoms with van der Waals surface area (Å²) in [6.45, 7) is 0.677. The minimum atomic E-state index is -3.79. The maximum atomic E-state index is 12.1. The van der Waals surface area contributed by atoms with E-state index in [2.05, 4.69) is 15.6 Å². The third-order valence-corrected chi connectivity index (χ3v) is 5.56. The highest BCUT2D eigenvalue weighted by Crippen LogP contribution is 2.30. The van der Waals surface area contributed by atoms with E-state index in [0.717, 1.165) is 0 Å². The fourth-order valence-corrected chi connectivity index (χ4v) is 3.79. The van der Waals surface area contributed by atoms with Gasteiger partial charge in [-0.3, -0.25) is 20.4 Å². The number of nitrogens with one attached hydrogen (secondary N) is 3. The van der Waals surface area contributed by atoms with Crippen LogP contribution < -0.4 is 25.0 Å². The lowest BCUT2D eigenvalue weighted by Crippen LogP contribution is -2.42. The summed E-state index contributed by atoms with van der Waals surface area (Å²) in [5.74, 6) is -0.117. The molecule has 3 rings (SSSR count). The summed E-state index contributed by atoms with van der Waals surface area (Å²) < 4.78 is 37.4. The number of rotatable bonds is 6. The number of hydrogen-bond donors (Lipinski definition) is 3. The topological polar surface area (TPSA) is 123 Å². The van der Waals surface area contributed by atoms with Gasteiger partial charge in [0.2, 0.25) is 15.9 Å². The van der Waals surface area contributed by atoms with Crippen molar-refractivity contribution < 1.29 is 27.5 Å². The second-order valence-electron chi connectivity index (χ2n) is 5.97. The molecule has 0 unspecified atom stereocenters. The Bertz CT molecular complexity index is 1030. The standard InChI is InChI=1S/C18H18ClN3O6S/c19-13-2-1-3-14(11-13)29(25,26)20-7-6-17(23)21-22-18(24)12-4-5-15-16(10-12)28-9-8-27-15/h1-5,10-11,20H,6-9H2,(H,21,23)(H,22,24). The van der Waals surface area contributed by atoms with Crippen LogP contribution in [0.3, 0.4) is 0 Å². The van der Waals surface area contributed by atoms with Crippen LogP contribution in [-0.4, -0.2) is 40.0 Å². The summed E-state index contributed by atoms with van der Waals surface area (Å²) in [5.41, 5.74) is 4.77. The van der Waals surface area contributed by atoms with Crippen LogP contribution in [0.5, 0.6) is 11.5 Å². The molecule has 0 saturated carbocycles. The van der Waals surface area contributed by atoms with E-state index in [1.807, 2.05) is 0 Å². The molecule has 0 bridgehead atoms. The van der Waals surface area contributed by atoms with Gasteiger partial charge in [0, 0.05) is 23.6 Å². The number of benzene rings is 2. The van der Waals surface area contributed by atoms with Crippen LogP contribution in [0, 0.1) is 0 Å². The minimum Gasteiger partial charge on any atom is -0.486 e. The molecule has 0 saturated heterocycles. The van der Waals surface area contributed by atoms with Crippen molar-refractivity contribution in [2.75, 3.05) is 19.8 Å². The van der Waals surface area contributed by atoms with Gasteiger partial charge in [0.15, 0.2) is 11.5 Å². The number of fused-ring (bicyclic) bond motifs is 1. The van der Waals surface area contributed by atoms with Crippen LogP contribution >= 0.6 is 11.6 Å². The lowest BCUT2D eigenvalue weighted by molar-refractivity contribution is -0.121. The van der Waals surface area contributed by atoms with Crippen molar-refractivity contribution in [2.45, 2.75) is 11.3 Å². The van der Waals surface area contributed by atoms with Crippen LogP contribution in [0.15, 0.2) is 47.4 Å². The van der Waals surface area contributed by atoms with E-state index < -0.39 is 21.8 Å². The summed E-state index contributed by atoms with van der Waals surface area (Å²) in [4.78, 5) is 24.0. The molecule has 1 aliphatic heterocycles. The zero-order valence-electron chi connectivity index (χ0n) is 15.1. The van der Waals surface area contributed by atoms with Gasteiger partial charge in [0.25, 0.3) is 5.91 Å². The Morgan fingerprint density at radius 2 is 1.76 bits per heavy atom. The third-order valence-electron chi connectivity index (χ3n) is 3.87. The van der Waals surface area contributed by atoms with E-state index in [9.17, 15) is 18.0 Å². The van der Waals surface area contributed by atoms with E-state index in [4.69, 9.17) is 21.1 Å². The predicted molar refractivity (Wildman–Crippen MR) is 104 cm³/mol. The minimum absolute atomic E-state index is 0.00248. The predicted octanol–water partition coefficient (Wildman–Crippen LogP) is 1.24. The van der Waals surface area contributed by atoms with E-state index in [-0.39, 0.29) is 28.4 Å².